The van der Waals surface area contributed by atoms with Crippen LogP contribution < -0.4 is 4.74 Å². The zero-order valence-corrected chi connectivity index (χ0v) is 18.2. The lowest BCUT2D eigenvalue weighted by Crippen LogP contribution is -2.29. The van der Waals surface area contributed by atoms with Crippen LogP contribution in [0.5, 0.6) is 5.75 Å². The smallest absolute Gasteiger partial charge is 0.201 e. The van der Waals surface area contributed by atoms with E-state index in [0.29, 0.717) is 18.6 Å². The number of halogens is 2. The molecule has 2 fully saturated rings. The van der Waals surface area contributed by atoms with Gasteiger partial charge in [0.15, 0.2) is 11.6 Å². The van der Waals surface area contributed by atoms with Gasteiger partial charge in [0.25, 0.3) is 0 Å². The van der Waals surface area contributed by atoms with Crippen molar-refractivity contribution in [3.05, 3.63) is 29.3 Å². The number of rotatable bonds is 9. The van der Waals surface area contributed by atoms with Gasteiger partial charge in [0, 0.05) is 6.61 Å². The average molecular weight is 420 g/mol. The number of nitrogens with zero attached hydrogens (tertiary/aromatic N) is 1. The van der Waals surface area contributed by atoms with Gasteiger partial charge in [-0.1, -0.05) is 19.8 Å². The molecule has 0 N–H and O–H groups in total. The van der Waals surface area contributed by atoms with E-state index in [9.17, 15) is 8.78 Å². The molecule has 30 heavy (non-hydrogen) atoms. The quantitative estimate of drug-likeness (QED) is 0.414. The lowest BCUT2D eigenvalue weighted by atomic mass is 9.71. The highest BCUT2D eigenvalue weighted by Crippen LogP contribution is 2.40. The first kappa shape index (κ1) is 23.0. The predicted molar refractivity (Wildman–Crippen MR) is 113 cm³/mol. The standard InChI is InChI=1S/C25H35F2NO2/c1-2-3-4-15-29-22-12-9-20(10-13-22)19-7-5-18(6-8-19)17-30-23-14-11-21(16-28)24(26)25(23)27/h11,14,18-20,22H,2-10,12-13,15,17H2,1H3/t18-,19-,20-,22-. The third-order valence-corrected chi connectivity index (χ3v) is 7.02. The lowest BCUT2D eigenvalue weighted by molar-refractivity contribution is 0.00480. The van der Waals surface area contributed by atoms with Crippen molar-refractivity contribution in [3.63, 3.8) is 0 Å². The summed E-state index contributed by atoms with van der Waals surface area (Å²) in [4.78, 5) is 0. The maximum Gasteiger partial charge on any atom is 0.201 e. The van der Waals surface area contributed by atoms with Crippen molar-refractivity contribution in [1.82, 2.24) is 0 Å². The predicted octanol–water partition coefficient (Wildman–Crippen LogP) is 6.79. The topological polar surface area (TPSA) is 42.2 Å². The molecule has 0 radical (unpaired) electrons. The summed E-state index contributed by atoms with van der Waals surface area (Å²) in [5, 5.41) is 8.77. The van der Waals surface area contributed by atoms with E-state index in [2.05, 4.69) is 6.92 Å². The highest BCUT2D eigenvalue weighted by molar-refractivity contribution is 5.37. The summed E-state index contributed by atoms with van der Waals surface area (Å²) in [5.74, 6) is -0.289. The maximum absolute atomic E-state index is 14.0. The van der Waals surface area contributed by atoms with Crippen LogP contribution in [-0.4, -0.2) is 19.3 Å². The van der Waals surface area contributed by atoms with Crippen LogP contribution in [0.3, 0.4) is 0 Å². The highest BCUT2D eigenvalue weighted by Gasteiger charge is 2.31. The summed E-state index contributed by atoms with van der Waals surface area (Å²) in [6.07, 6.45) is 13.7. The van der Waals surface area contributed by atoms with Crippen molar-refractivity contribution >= 4 is 0 Å². The molecule has 1 aromatic rings. The molecule has 2 aliphatic carbocycles. The molecule has 0 bridgehead atoms. The van der Waals surface area contributed by atoms with Crippen molar-refractivity contribution in [2.45, 2.75) is 83.7 Å². The van der Waals surface area contributed by atoms with Crippen LogP contribution in [0.1, 0.15) is 83.1 Å². The molecule has 5 heteroatoms. The Hall–Kier alpha value is -1.67. The van der Waals surface area contributed by atoms with Crippen LogP contribution in [0.15, 0.2) is 12.1 Å². The second-order valence-electron chi connectivity index (χ2n) is 9.06. The van der Waals surface area contributed by atoms with Gasteiger partial charge in [-0.3, -0.25) is 0 Å². The van der Waals surface area contributed by atoms with E-state index in [-0.39, 0.29) is 11.3 Å². The van der Waals surface area contributed by atoms with Crippen molar-refractivity contribution in [2.24, 2.45) is 17.8 Å². The number of benzene rings is 1. The molecular weight excluding hydrogens is 384 g/mol. The SMILES string of the molecule is CCCCCO[C@H]1CC[C@H]([C@H]2CC[C@H](COc3ccc(C#N)c(F)c3F)CC2)CC1. The first-order chi connectivity index (χ1) is 14.6. The van der Waals surface area contributed by atoms with Crippen LogP contribution in [0.2, 0.25) is 0 Å². The first-order valence-corrected chi connectivity index (χ1v) is 11.7. The van der Waals surface area contributed by atoms with Gasteiger partial charge in [-0.25, -0.2) is 4.39 Å². The summed E-state index contributed by atoms with van der Waals surface area (Å²) >= 11 is 0. The Labute approximate surface area is 179 Å². The van der Waals surface area contributed by atoms with E-state index in [1.54, 1.807) is 6.07 Å². The maximum atomic E-state index is 14.0. The van der Waals surface area contributed by atoms with Crippen molar-refractivity contribution in [3.8, 4) is 11.8 Å². The van der Waals surface area contributed by atoms with Gasteiger partial charge < -0.3 is 9.47 Å². The molecule has 2 aliphatic rings. The van der Waals surface area contributed by atoms with Gasteiger partial charge >= 0.3 is 0 Å². The molecule has 0 aromatic heterocycles. The minimum atomic E-state index is -1.12. The first-order valence-electron chi connectivity index (χ1n) is 11.7. The normalized spacial score (nSPS) is 26.9. The summed E-state index contributed by atoms with van der Waals surface area (Å²) in [6.45, 7) is 3.54. The zero-order valence-electron chi connectivity index (χ0n) is 18.2. The minimum absolute atomic E-state index is 0.0918. The molecule has 0 unspecified atom stereocenters. The van der Waals surface area contributed by atoms with Crippen molar-refractivity contribution < 1.29 is 18.3 Å². The molecule has 0 saturated heterocycles. The number of ether oxygens (including phenoxy) is 2. The van der Waals surface area contributed by atoms with Gasteiger partial charge in [-0.15, -0.1) is 0 Å². The Kier molecular flexibility index (Phi) is 8.93. The van der Waals surface area contributed by atoms with Crippen molar-refractivity contribution in [1.29, 1.82) is 5.26 Å². The van der Waals surface area contributed by atoms with Crippen LogP contribution in [0, 0.1) is 40.7 Å². The fourth-order valence-corrected chi connectivity index (χ4v) is 5.09. The van der Waals surface area contributed by atoms with E-state index < -0.39 is 11.6 Å². The molecule has 0 amide bonds. The molecule has 1 aromatic carbocycles. The highest BCUT2D eigenvalue weighted by atomic mass is 19.2. The minimum Gasteiger partial charge on any atom is -0.490 e. The van der Waals surface area contributed by atoms with E-state index >= 15 is 0 Å². The van der Waals surface area contributed by atoms with E-state index in [4.69, 9.17) is 14.7 Å². The number of unbranched alkanes of at least 4 members (excludes halogenated alkanes) is 2. The van der Waals surface area contributed by atoms with Gasteiger partial charge in [0.1, 0.15) is 6.07 Å². The molecule has 3 rings (SSSR count). The second-order valence-corrected chi connectivity index (χ2v) is 9.06. The second kappa shape index (κ2) is 11.6. The van der Waals surface area contributed by atoms with Crippen molar-refractivity contribution in [2.75, 3.05) is 13.2 Å². The van der Waals surface area contributed by atoms with Gasteiger partial charge in [-0.2, -0.15) is 9.65 Å². The molecule has 3 nitrogen and oxygen atoms in total. The third-order valence-electron chi connectivity index (χ3n) is 7.02. The number of hydrogen-bond acceptors (Lipinski definition) is 3. The van der Waals surface area contributed by atoms with Crippen LogP contribution in [0.25, 0.3) is 0 Å². The summed E-state index contributed by atoms with van der Waals surface area (Å²) in [5.41, 5.74) is -0.290. The number of hydrogen-bond donors (Lipinski definition) is 0. The lowest BCUT2D eigenvalue weighted by Gasteiger charge is -2.37. The third kappa shape index (κ3) is 6.17. The van der Waals surface area contributed by atoms with E-state index in [1.165, 1.54) is 69.9 Å². The summed E-state index contributed by atoms with van der Waals surface area (Å²) in [6, 6.07) is 4.27. The number of nitriles is 1. The summed E-state index contributed by atoms with van der Waals surface area (Å²) < 4.78 is 39.3. The fraction of sp³-hybridized carbons (Fsp3) is 0.720. The van der Waals surface area contributed by atoms with E-state index in [0.717, 1.165) is 31.3 Å². The molecule has 2 saturated carbocycles. The van der Waals surface area contributed by atoms with Crippen LogP contribution in [0.4, 0.5) is 8.78 Å². The van der Waals surface area contributed by atoms with Crippen LogP contribution in [-0.2, 0) is 4.74 Å². The molecular formula is C25H35F2NO2. The van der Waals surface area contributed by atoms with Gasteiger partial charge in [0.2, 0.25) is 5.82 Å². The van der Waals surface area contributed by atoms with E-state index in [1.807, 2.05) is 0 Å². The molecule has 0 atom stereocenters. The Morgan fingerprint density at radius 3 is 2.23 bits per heavy atom. The van der Waals surface area contributed by atoms with Crippen LogP contribution >= 0.6 is 0 Å². The zero-order chi connectivity index (χ0) is 21.3. The Morgan fingerprint density at radius 2 is 1.60 bits per heavy atom. The average Bonchev–Trinajstić information content (AvgIpc) is 2.79. The molecule has 0 aliphatic heterocycles. The van der Waals surface area contributed by atoms with Gasteiger partial charge in [-0.05, 0) is 87.7 Å². The Balaban J connectivity index is 1.36. The molecule has 0 heterocycles. The Bertz CT molecular complexity index is 702. The molecule has 166 valence electrons. The fourth-order valence-electron chi connectivity index (χ4n) is 5.09. The van der Waals surface area contributed by atoms with Gasteiger partial charge in [0.05, 0.1) is 18.3 Å². The monoisotopic (exact) mass is 419 g/mol. The molecule has 0 spiro atoms. The summed E-state index contributed by atoms with van der Waals surface area (Å²) in [7, 11) is 0. The Morgan fingerprint density at radius 1 is 0.933 bits per heavy atom. The largest absolute Gasteiger partial charge is 0.490 e.